The van der Waals surface area contributed by atoms with Crippen molar-refractivity contribution < 1.29 is 14.4 Å². The number of urea groups is 1. The van der Waals surface area contributed by atoms with E-state index >= 15 is 0 Å². The maximum atomic E-state index is 12.8. The topological polar surface area (TPSA) is 83.4 Å². The molecule has 1 saturated heterocycles. The van der Waals surface area contributed by atoms with E-state index in [1.165, 1.54) is 0 Å². The second-order valence-corrected chi connectivity index (χ2v) is 7.44. The van der Waals surface area contributed by atoms with Crippen LogP contribution in [0.2, 0.25) is 0 Å². The van der Waals surface area contributed by atoms with E-state index in [-0.39, 0.29) is 12.2 Å². The fraction of sp³-hybridized carbons (Fsp3) is 0.125. The van der Waals surface area contributed by atoms with E-state index in [0.717, 1.165) is 27.4 Å². The molecule has 31 heavy (non-hydrogen) atoms. The molecule has 1 aliphatic rings. The average Bonchev–Trinajstić information content (AvgIpc) is 3.30. The van der Waals surface area contributed by atoms with Gasteiger partial charge in [0.25, 0.3) is 5.91 Å². The van der Waals surface area contributed by atoms with Crippen molar-refractivity contribution in [3.63, 3.8) is 0 Å². The normalized spacial score (nSPS) is 14.8. The molecule has 3 aromatic rings. The number of aryl methyl sites for hydroxylation is 2. The number of nitrogens with zero attached hydrogens (tertiary/aromatic N) is 2. The Kier molecular flexibility index (Phi) is 5.41. The molecule has 2 heterocycles. The molecule has 4 rings (SSSR count). The SMILES string of the molecule is Cc1ccc(NC(=O)CN2C(=O)N/C(=C/c3cccn3-c3cccc(C)c3)C2=O)cc1. The van der Waals surface area contributed by atoms with Crippen LogP contribution in [0.5, 0.6) is 0 Å². The summed E-state index contributed by atoms with van der Waals surface area (Å²) in [6, 6.07) is 18.3. The van der Waals surface area contributed by atoms with Gasteiger partial charge in [-0.2, -0.15) is 0 Å². The van der Waals surface area contributed by atoms with Crippen LogP contribution < -0.4 is 10.6 Å². The molecule has 0 radical (unpaired) electrons. The number of hydrogen-bond acceptors (Lipinski definition) is 3. The quantitative estimate of drug-likeness (QED) is 0.494. The summed E-state index contributed by atoms with van der Waals surface area (Å²) in [6.07, 6.45) is 3.50. The van der Waals surface area contributed by atoms with Gasteiger partial charge in [0, 0.05) is 23.3 Å². The molecule has 2 aromatic carbocycles. The van der Waals surface area contributed by atoms with Crippen LogP contribution in [-0.4, -0.2) is 33.9 Å². The van der Waals surface area contributed by atoms with Crippen molar-refractivity contribution in [1.29, 1.82) is 0 Å². The smallest absolute Gasteiger partial charge is 0.325 e. The number of carbonyl (C=O) groups is 3. The number of amides is 4. The first-order valence-corrected chi connectivity index (χ1v) is 9.86. The standard InChI is InChI=1S/C24H22N4O3/c1-16-8-10-18(11-9-16)25-22(29)15-28-23(30)21(26-24(28)31)14-20-7-4-12-27(20)19-6-3-5-17(2)13-19/h3-14H,15H2,1-2H3,(H,25,29)(H,26,31)/b21-14+. The second kappa shape index (κ2) is 8.31. The second-order valence-electron chi connectivity index (χ2n) is 7.44. The van der Waals surface area contributed by atoms with Crippen molar-refractivity contribution in [2.24, 2.45) is 0 Å². The van der Waals surface area contributed by atoms with Crippen molar-refractivity contribution >= 4 is 29.6 Å². The zero-order valence-electron chi connectivity index (χ0n) is 17.3. The van der Waals surface area contributed by atoms with E-state index in [2.05, 4.69) is 10.6 Å². The van der Waals surface area contributed by atoms with Crippen molar-refractivity contribution in [1.82, 2.24) is 14.8 Å². The predicted molar refractivity (Wildman–Crippen MR) is 119 cm³/mol. The number of imide groups is 1. The van der Waals surface area contributed by atoms with Crippen molar-refractivity contribution in [3.8, 4) is 5.69 Å². The van der Waals surface area contributed by atoms with E-state index in [0.29, 0.717) is 5.69 Å². The molecular weight excluding hydrogens is 392 g/mol. The number of carbonyl (C=O) groups excluding carboxylic acids is 3. The highest BCUT2D eigenvalue weighted by atomic mass is 16.2. The van der Waals surface area contributed by atoms with Crippen molar-refractivity contribution in [2.45, 2.75) is 13.8 Å². The lowest BCUT2D eigenvalue weighted by Crippen LogP contribution is -2.38. The van der Waals surface area contributed by atoms with Gasteiger partial charge in [-0.3, -0.25) is 9.59 Å². The number of hydrogen-bond donors (Lipinski definition) is 2. The van der Waals surface area contributed by atoms with Crippen LogP contribution in [0.4, 0.5) is 10.5 Å². The summed E-state index contributed by atoms with van der Waals surface area (Å²) in [5, 5.41) is 5.26. The molecule has 0 unspecified atom stereocenters. The molecular formula is C24H22N4O3. The summed E-state index contributed by atoms with van der Waals surface area (Å²) >= 11 is 0. The highest BCUT2D eigenvalue weighted by Gasteiger charge is 2.35. The molecule has 7 nitrogen and oxygen atoms in total. The van der Waals surface area contributed by atoms with Crippen LogP contribution in [-0.2, 0) is 9.59 Å². The van der Waals surface area contributed by atoms with E-state index in [1.54, 1.807) is 18.2 Å². The first kappa shape index (κ1) is 20.2. The Balaban J connectivity index is 1.50. The minimum absolute atomic E-state index is 0.126. The third-order valence-corrected chi connectivity index (χ3v) is 4.95. The van der Waals surface area contributed by atoms with Gasteiger partial charge in [0.15, 0.2) is 0 Å². The van der Waals surface area contributed by atoms with Crippen LogP contribution in [0, 0.1) is 13.8 Å². The van der Waals surface area contributed by atoms with Crippen LogP contribution in [0.25, 0.3) is 11.8 Å². The zero-order valence-corrected chi connectivity index (χ0v) is 17.3. The van der Waals surface area contributed by atoms with E-state index in [9.17, 15) is 14.4 Å². The minimum Gasteiger partial charge on any atom is -0.325 e. The van der Waals surface area contributed by atoms with Gasteiger partial charge in [-0.05, 0) is 61.9 Å². The fourth-order valence-electron chi connectivity index (χ4n) is 3.37. The lowest BCUT2D eigenvalue weighted by molar-refractivity contribution is -0.127. The number of rotatable bonds is 5. The molecule has 7 heteroatoms. The molecule has 156 valence electrons. The Morgan fingerprint density at radius 2 is 1.77 bits per heavy atom. The molecule has 1 aliphatic heterocycles. The monoisotopic (exact) mass is 414 g/mol. The van der Waals surface area contributed by atoms with Crippen LogP contribution in [0.3, 0.4) is 0 Å². The van der Waals surface area contributed by atoms with Crippen LogP contribution in [0.1, 0.15) is 16.8 Å². The fourth-order valence-corrected chi connectivity index (χ4v) is 3.37. The maximum absolute atomic E-state index is 12.8. The molecule has 0 aliphatic carbocycles. The average molecular weight is 414 g/mol. The summed E-state index contributed by atoms with van der Waals surface area (Å²) in [6.45, 7) is 3.59. The number of nitrogens with one attached hydrogen (secondary N) is 2. The lowest BCUT2D eigenvalue weighted by Gasteiger charge is -2.12. The highest BCUT2D eigenvalue weighted by molar-refractivity contribution is 6.15. The zero-order chi connectivity index (χ0) is 22.0. The van der Waals surface area contributed by atoms with Crippen molar-refractivity contribution in [2.75, 3.05) is 11.9 Å². The van der Waals surface area contributed by atoms with Crippen LogP contribution in [0.15, 0.2) is 72.6 Å². The van der Waals surface area contributed by atoms with E-state index in [1.807, 2.05) is 73.1 Å². The summed E-state index contributed by atoms with van der Waals surface area (Å²) < 4.78 is 1.92. The molecule has 4 amide bonds. The summed E-state index contributed by atoms with van der Waals surface area (Å²) in [5.41, 5.74) is 4.59. The Labute approximate surface area is 180 Å². The first-order chi connectivity index (χ1) is 14.9. The van der Waals surface area contributed by atoms with E-state index in [4.69, 9.17) is 0 Å². The molecule has 0 saturated carbocycles. The maximum Gasteiger partial charge on any atom is 0.329 e. The van der Waals surface area contributed by atoms with Gasteiger partial charge in [-0.1, -0.05) is 29.8 Å². The molecule has 2 N–H and O–H groups in total. The number of anilines is 1. The Morgan fingerprint density at radius 1 is 1.00 bits per heavy atom. The predicted octanol–water partition coefficient (Wildman–Crippen LogP) is 3.63. The van der Waals surface area contributed by atoms with Gasteiger partial charge < -0.3 is 15.2 Å². The molecule has 0 atom stereocenters. The highest BCUT2D eigenvalue weighted by Crippen LogP contribution is 2.19. The van der Waals surface area contributed by atoms with Gasteiger partial charge in [0.1, 0.15) is 12.2 Å². The molecule has 1 aromatic heterocycles. The summed E-state index contributed by atoms with van der Waals surface area (Å²) in [5.74, 6) is -0.988. The lowest BCUT2D eigenvalue weighted by atomic mass is 10.2. The van der Waals surface area contributed by atoms with Gasteiger partial charge >= 0.3 is 6.03 Å². The third kappa shape index (κ3) is 4.40. The summed E-state index contributed by atoms with van der Waals surface area (Å²) in [7, 11) is 0. The van der Waals surface area contributed by atoms with Gasteiger partial charge in [0.05, 0.1) is 0 Å². The van der Waals surface area contributed by atoms with E-state index < -0.39 is 17.8 Å². The Bertz CT molecular complexity index is 1190. The van der Waals surface area contributed by atoms with Crippen LogP contribution >= 0.6 is 0 Å². The first-order valence-electron chi connectivity index (χ1n) is 9.86. The van der Waals surface area contributed by atoms with Gasteiger partial charge in [0.2, 0.25) is 5.91 Å². The van der Waals surface area contributed by atoms with Crippen molar-refractivity contribution in [3.05, 3.63) is 89.4 Å². The molecule has 0 bridgehead atoms. The summed E-state index contributed by atoms with van der Waals surface area (Å²) in [4.78, 5) is 38.3. The Morgan fingerprint density at radius 3 is 2.52 bits per heavy atom. The molecule has 0 spiro atoms. The third-order valence-electron chi connectivity index (χ3n) is 4.95. The number of aromatic nitrogens is 1. The van der Waals surface area contributed by atoms with Gasteiger partial charge in [-0.15, -0.1) is 0 Å². The van der Waals surface area contributed by atoms with Gasteiger partial charge in [-0.25, -0.2) is 9.69 Å². The minimum atomic E-state index is -0.621. The largest absolute Gasteiger partial charge is 0.329 e. The Hall–Kier alpha value is -4.13. The molecule has 1 fully saturated rings. The number of benzene rings is 2.